The maximum Gasteiger partial charge on any atom is 0.310 e. The Labute approximate surface area is 95.7 Å². The topological polar surface area (TPSA) is 80.7 Å². The van der Waals surface area contributed by atoms with Gasteiger partial charge in [-0.1, -0.05) is 0 Å². The summed E-state index contributed by atoms with van der Waals surface area (Å²) in [6.07, 6.45) is 2.13. The number of carbonyl (C=O) groups is 1. The summed E-state index contributed by atoms with van der Waals surface area (Å²) >= 11 is 0. The van der Waals surface area contributed by atoms with Gasteiger partial charge in [-0.05, 0) is 25.7 Å². The smallest absolute Gasteiger partial charge is 0.310 e. The van der Waals surface area contributed by atoms with Crippen molar-refractivity contribution >= 4 is 15.8 Å². The van der Waals surface area contributed by atoms with E-state index in [1.165, 1.54) is 0 Å². The Bertz CT molecular complexity index is 348. The second kappa shape index (κ2) is 5.14. The molecule has 0 aromatic carbocycles. The number of hydrogen-bond acceptors (Lipinski definition) is 4. The van der Waals surface area contributed by atoms with Crippen molar-refractivity contribution in [2.75, 3.05) is 25.2 Å². The molecule has 6 heteroatoms. The summed E-state index contributed by atoms with van der Waals surface area (Å²) in [6, 6.07) is 0. The first-order chi connectivity index (χ1) is 7.42. The molecule has 0 spiro atoms. The van der Waals surface area contributed by atoms with Crippen molar-refractivity contribution < 1.29 is 23.1 Å². The minimum Gasteiger partial charge on any atom is -0.481 e. The third-order valence-corrected chi connectivity index (χ3v) is 4.91. The zero-order valence-corrected chi connectivity index (χ0v) is 10.3. The summed E-state index contributed by atoms with van der Waals surface area (Å²) in [6.45, 7) is 0.586. The SMILES string of the molecule is COCCCCC1(C(=O)O)CCS(=O)(=O)C1. The highest BCUT2D eigenvalue weighted by molar-refractivity contribution is 7.91. The molecule has 1 saturated heterocycles. The van der Waals surface area contributed by atoms with Gasteiger partial charge in [-0.3, -0.25) is 4.79 Å². The molecule has 1 atom stereocenters. The predicted octanol–water partition coefficient (Wildman–Crippen LogP) is 0.693. The average Bonchev–Trinajstić information content (AvgIpc) is 2.51. The fourth-order valence-corrected chi connectivity index (χ4v) is 4.20. The van der Waals surface area contributed by atoms with E-state index in [0.29, 0.717) is 19.4 Å². The molecule has 1 unspecified atom stereocenters. The summed E-state index contributed by atoms with van der Waals surface area (Å²) in [4.78, 5) is 11.2. The number of aliphatic carboxylic acids is 1. The summed E-state index contributed by atoms with van der Waals surface area (Å²) in [5.41, 5.74) is -1.05. The zero-order chi connectivity index (χ0) is 12.2. The predicted molar refractivity (Wildman–Crippen MR) is 59.1 cm³/mol. The van der Waals surface area contributed by atoms with Crippen molar-refractivity contribution in [3.63, 3.8) is 0 Å². The molecule has 1 fully saturated rings. The van der Waals surface area contributed by atoms with Crippen molar-refractivity contribution in [1.29, 1.82) is 0 Å². The van der Waals surface area contributed by atoms with E-state index in [-0.39, 0.29) is 17.9 Å². The van der Waals surface area contributed by atoms with E-state index in [0.717, 1.165) is 6.42 Å². The molecule has 0 radical (unpaired) electrons. The molecule has 0 bridgehead atoms. The molecule has 1 heterocycles. The first kappa shape index (κ1) is 13.4. The maximum atomic E-state index is 11.4. The number of rotatable bonds is 6. The molecule has 0 aromatic heterocycles. The number of hydrogen-bond donors (Lipinski definition) is 1. The summed E-state index contributed by atoms with van der Waals surface area (Å²) < 4.78 is 27.6. The van der Waals surface area contributed by atoms with Gasteiger partial charge >= 0.3 is 5.97 Å². The Kier molecular flexibility index (Phi) is 4.32. The molecular formula is C10H18O5S. The van der Waals surface area contributed by atoms with Crippen LogP contribution in [0.3, 0.4) is 0 Å². The molecule has 5 nitrogen and oxygen atoms in total. The van der Waals surface area contributed by atoms with Gasteiger partial charge in [0.15, 0.2) is 9.84 Å². The van der Waals surface area contributed by atoms with Crippen molar-refractivity contribution in [3.05, 3.63) is 0 Å². The highest BCUT2D eigenvalue weighted by Crippen LogP contribution is 2.37. The van der Waals surface area contributed by atoms with Crippen LogP contribution in [0.15, 0.2) is 0 Å². The van der Waals surface area contributed by atoms with E-state index in [2.05, 4.69) is 0 Å². The van der Waals surface area contributed by atoms with Gasteiger partial charge in [0.05, 0.1) is 16.9 Å². The van der Waals surface area contributed by atoms with Crippen LogP contribution in [0.2, 0.25) is 0 Å². The van der Waals surface area contributed by atoms with E-state index in [9.17, 15) is 13.2 Å². The molecule has 0 saturated carbocycles. The van der Waals surface area contributed by atoms with Gasteiger partial charge in [-0.15, -0.1) is 0 Å². The molecule has 1 aliphatic heterocycles. The van der Waals surface area contributed by atoms with E-state index in [4.69, 9.17) is 9.84 Å². The summed E-state index contributed by atoms with van der Waals surface area (Å²) in [5, 5.41) is 9.16. The Morgan fingerprint density at radius 3 is 2.56 bits per heavy atom. The quantitative estimate of drug-likeness (QED) is 0.702. The Morgan fingerprint density at radius 2 is 2.12 bits per heavy atom. The number of methoxy groups -OCH3 is 1. The third kappa shape index (κ3) is 3.18. The molecule has 0 amide bonds. The van der Waals surface area contributed by atoms with Gasteiger partial charge in [-0.2, -0.15) is 0 Å². The first-order valence-electron chi connectivity index (χ1n) is 5.35. The van der Waals surface area contributed by atoms with E-state index >= 15 is 0 Å². The Morgan fingerprint density at radius 1 is 1.44 bits per heavy atom. The van der Waals surface area contributed by atoms with Crippen LogP contribution < -0.4 is 0 Å². The van der Waals surface area contributed by atoms with Crippen LogP contribution in [0.5, 0.6) is 0 Å². The fraction of sp³-hybridized carbons (Fsp3) is 0.900. The van der Waals surface area contributed by atoms with Gasteiger partial charge in [0, 0.05) is 13.7 Å². The summed E-state index contributed by atoms with van der Waals surface area (Å²) in [5.74, 6) is -1.18. The number of unbranched alkanes of at least 4 members (excludes halogenated alkanes) is 1. The lowest BCUT2D eigenvalue weighted by Gasteiger charge is -2.21. The van der Waals surface area contributed by atoms with Crippen molar-refractivity contribution in [2.45, 2.75) is 25.7 Å². The molecule has 16 heavy (non-hydrogen) atoms. The van der Waals surface area contributed by atoms with E-state index in [1.807, 2.05) is 0 Å². The van der Waals surface area contributed by atoms with Crippen LogP contribution in [0, 0.1) is 5.41 Å². The molecule has 1 rings (SSSR count). The van der Waals surface area contributed by atoms with Gasteiger partial charge in [-0.25, -0.2) is 8.42 Å². The third-order valence-electron chi connectivity index (χ3n) is 3.10. The largest absolute Gasteiger partial charge is 0.481 e. The first-order valence-corrected chi connectivity index (χ1v) is 7.17. The minimum absolute atomic E-state index is 0.00355. The Balaban J connectivity index is 2.59. The molecule has 1 N–H and O–H groups in total. The minimum atomic E-state index is -3.15. The average molecular weight is 250 g/mol. The van der Waals surface area contributed by atoms with Crippen LogP contribution >= 0.6 is 0 Å². The van der Waals surface area contributed by atoms with Crippen molar-refractivity contribution in [2.24, 2.45) is 5.41 Å². The van der Waals surface area contributed by atoms with Gasteiger partial charge < -0.3 is 9.84 Å². The maximum absolute atomic E-state index is 11.4. The van der Waals surface area contributed by atoms with Crippen molar-refractivity contribution in [1.82, 2.24) is 0 Å². The Hall–Kier alpha value is -0.620. The number of carboxylic acids is 1. The summed E-state index contributed by atoms with van der Waals surface area (Å²) in [7, 11) is -1.56. The van der Waals surface area contributed by atoms with Gasteiger partial charge in [0.1, 0.15) is 0 Å². The molecular weight excluding hydrogens is 232 g/mol. The fourth-order valence-electron chi connectivity index (χ4n) is 2.10. The van der Waals surface area contributed by atoms with Gasteiger partial charge in [0.2, 0.25) is 0 Å². The monoisotopic (exact) mass is 250 g/mol. The van der Waals surface area contributed by atoms with E-state index < -0.39 is 21.2 Å². The highest BCUT2D eigenvalue weighted by Gasteiger charge is 2.47. The number of ether oxygens (including phenoxy) is 1. The zero-order valence-electron chi connectivity index (χ0n) is 9.44. The lowest BCUT2D eigenvalue weighted by molar-refractivity contribution is -0.147. The lowest BCUT2D eigenvalue weighted by atomic mass is 9.82. The van der Waals surface area contributed by atoms with Crippen LogP contribution in [-0.2, 0) is 19.4 Å². The van der Waals surface area contributed by atoms with Crippen LogP contribution in [0.1, 0.15) is 25.7 Å². The molecule has 94 valence electrons. The molecule has 1 aliphatic rings. The standard InChI is InChI=1S/C10H18O5S/c1-15-6-3-2-4-10(9(11)12)5-7-16(13,14)8-10/h2-8H2,1H3,(H,11,12). The normalized spacial score (nSPS) is 28.1. The van der Waals surface area contributed by atoms with Crippen LogP contribution in [-0.4, -0.2) is 44.7 Å². The number of carboxylic acid groups (broad SMARTS) is 1. The van der Waals surface area contributed by atoms with E-state index in [1.54, 1.807) is 7.11 Å². The van der Waals surface area contributed by atoms with Crippen LogP contribution in [0.4, 0.5) is 0 Å². The van der Waals surface area contributed by atoms with Crippen molar-refractivity contribution in [3.8, 4) is 0 Å². The molecule has 0 aliphatic carbocycles. The van der Waals surface area contributed by atoms with Gasteiger partial charge in [0.25, 0.3) is 0 Å². The number of sulfone groups is 1. The second-order valence-electron chi connectivity index (χ2n) is 4.38. The lowest BCUT2D eigenvalue weighted by Crippen LogP contribution is -2.32. The second-order valence-corrected chi connectivity index (χ2v) is 6.56. The highest BCUT2D eigenvalue weighted by atomic mass is 32.2. The molecule has 0 aromatic rings. The van der Waals surface area contributed by atoms with Crippen LogP contribution in [0.25, 0.3) is 0 Å².